The van der Waals surface area contributed by atoms with Crippen LogP contribution in [-0.4, -0.2) is 114 Å². The molecule has 32 heavy (non-hydrogen) atoms. The zero-order valence-electron chi connectivity index (χ0n) is 18.3. The summed E-state index contributed by atoms with van der Waals surface area (Å²) in [6.07, 6.45) is -0.0405. The fourth-order valence-electron chi connectivity index (χ4n) is 6.74. The highest BCUT2D eigenvalue weighted by atomic mass is 16.8. The summed E-state index contributed by atoms with van der Waals surface area (Å²) in [6.45, 7) is 6.20. The Labute approximate surface area is 187 Å². The third-order valence-electron chi connectivity index (χ3n) is 8.36. The summed E-state index contributed by atoms with van der Waals surface area (Å²) in [5, 5.41) is 0. The third-order valence-corrected chi connectivity index (χ3v) is 8.36. The molecule has 0 aliphatic carbocycles. The van der Waals surface area contributed by atoms with E-state index in [1.807, 2.05) is 24.3 Å². The van der Waals surface area contributed by atoms with Crippen LogP contribution in [0.15, 0.2) is 24.3 Å². The standard InChI is InChI=1S/C20H30B2N2O8/c1-2-18(26-16-20-14-24-7-11-29-22(24,32-20)30-12-8-24)4-3-17(1)25-15-19-13-23-5-9-27-21(23,31-19)28-10-6-23/h1-4,19-20H,5-16H2/t19-,20-,21?,22?,23?,24?/m1/s1. The van der Waals surface area contributed by atoms with Crippen LogP contribution in [0.25, 0.3) is 0 Å². The number of rotatable bonds is 6. The van der Waals surface area contributed by atoms with Crippen LogP contribution in [0, 0.1) is 0 Å². The molecule has 6 aliphatic rings. The van der Waals surface area contributed by atoms with E-state index in [2.05, 4.69) is 0 Å². The first-order valence-corrected chi connectivity index (χ1v) is 11.9. The number of hydrogen-bond donors (Lipinski definition) is 0. The summed E-state index contributed by atoms with van der Waals surface area (Å²) in [5.74, 6) is 1.58. The maximum Gasteiger partial charge on any atom is 0.625 e. The highest BCUT2D eigenvalue weighted by Gasteiger charge is 2.67. The van der Waals surface area contributed by atoms with E-state index < -0.39 is 13.8 Å². The molecule has 6 aliphatic heterocycles. The molecular weight excluding hydrogens is 418 g/mol. The number of nitrogens with zero attached hydrogens (tertiary/aromatic N) is 2. The summed E-state index contributed by atoms with van der Waals surface area (Å²) in [4.78, 5) is 0. The van der Waals surface area contributed by atoms with Gasteiger partial charge >= 0.3 is 13.8 Å². The summed E-state index contributed by atoms with van der Waals surface area (Å²) in [6, 6.07) is 7.71. The van der Waals surface area contributed by atoms with Gasteiger partial charge in [0.05, 0.1) is 65.7 Å². The SMILES string of the molecule is c1cc(OC[C@H]2C[N+]34CCO[B-]3(OCC4)O2)ccc1OC[C@H]1C[N+]23CCO[B-]2(OCC3)O1. The maximum absolute atomic E-state index is 6.20. The molecule has 0 bridgehead atoms. The molecule has 0 saturated carbocycles. The molecule has 1 aromatic rings. The third kappa shape index (κ3) is 2.78. The van der Waals surface area contributed by atoms with Crippen molar-refractivity contribution in [3.05, 3.63) is 24.3 Å². The second kappa shape index (κ2) is 7.07. The fraction of sp³-hybridized carbons (Fsp3) is 0.700. The smallest absolute Gasteiger partial charge is 0.491 e. The number of quaternary nitrogens is 2. The van der Waals surface area contributed by atoms with Crippen molar-refractivity contribution in [3.63, 3.8) is 0 Å². The lowest BCUT2D eigenvalue weighted by atomic mass is 9.94. The Morgan fingerprint density at radius 3 is 1.38 bits per heavy atom. The van der Waals surface area contributed by atoms with Gasteiger partial charge in [-0.1, -0.05) is 0 Å². The number of ether oxygens (including phenoxy) is 2. The van der Waals surface area contributed by atoms with Crippen molar-refractivity contribution in [3.8, 4) is 11.5 Å². The van der Waals surface area contributed by atoms with E-state index in [1.54, 1.807) is 0 Å². The average molecular weight is 448 g/mol. The van der Waals surface area contributed by atoms with Crippen LogP contribution in [0.2, 0.25) is 0 Å². The van der Waals surface area contributed by atoms with Crippen LogP contribution >= 0.6 is 0 Å². The minimum Gasteiger partial charge on any atom is -0.491 e. The van der Waals surface area contributed by atoms with Crippen LogP contribution in [0.5, 0.6) is 11.5 Å². The Bertz CT molecular complexity index is 758. The lowest BCUT2D eigenvalue weighted by Gasteiger charge is -2.37. The average Bonchev–Trinajstić information content (AvgIpc) is 3.52. The molecule has 1 aromatic carbocycles. The Kier molecular flexibility index (Phi) is 4.43. The molecule has 174 valence electrons. The van der Waals surface area contributed by atoms with Crippen LogP contribution in [0.4, 0.5) is 0 Å². The molecule has 0 spiro atoms. The van der Waals surface area contributed by atoms with E-state index >= 15 is 0 Å². The van der Waals surface area contributed by atoms with Gasteiger partial charge in [0.25, 0.3) is 0 Å². The largest absolute Gasteiger partial charge is 0.625 e. The van der Waals surface area contributed by atoms with Crippen molar-refractivity contribution in [1.29, 1.82) is 0 Å². The molecule has 0 N–H and O–H groups in total. The number of benzene rings is 1. The van der Waals surface area contributed by atoms with E-state index in [9.17, 15) is 0 Å². The molecule has 6 fully saturated rings. The van der Waals surface area contributed by atoms with E-state index in [1.165, 1.54) is 0 Å². The summed E-state index contributed by atoms with van der Waals surface area (Å²) < 4.78 is 49.5. The van der Waals surface area contributed by atoms with Gasteiger partial charge in [-0.3, -0.25) is 0 Å². The second-order valence-electron chi connectivity index (χ2n) is 10.00. The molecule has 10 nitrogen and oxygen atoms in total. The highest BCUT2D eigenvalue weighted by molar-refractivity contribution is 6.54. The minimum absolute atomic E-state index is 0.0202. The van der Waals surface area contributed by atoms with Crippen molar-refractivity contribution in [2.75, 3.05) is 78.9 Å². The summed E-state index contributed by atoms with van der Waals surface area (Å²) in [5.41, 5.74) is 0. The van der Waals surface area contributed by atoms with Gasteiger partial charge in [-0.25, -0.2) is 0 Å². The van der Waals surface area contributed by atoms with E-state index in [0.717, 1.165) is 59.6 Å². The minimum atomic E-state index is -1.63. The fourth-order valence-corrected chi connectivity index (χ4v) is 6.74. The maximum atomic E-state index is 6.20. The molecule has 12 heteroatoms. The lowest BCUT2D eigenvalue weighted by molar-refractivity contribution is -0.816. The first kappa shape index (κ1) is 20.0. The molecule has 7 rings (SSSR count). The molecule has 0 aromatic heterocycles. The van der Waals surface area contributed by atoms with E-state index in [4.69, 9.17) is 37.4 Å². The molecule has 0 amide bonds. The zero-order valence-corrected chi connectivity index (χ0v) is 18.3. The van der Waals surface area contributed by atoms with E-state index in [-0.39, 0.29) is 12.2 Å². The predicted octanol–water partition coefficient (Wildman–Crippen LogP) is -0.133. The summed E-state index contributed by atoms with van der Waals surface area (Å²) in [7, 11) is 0. The van der Waals surface area contributed by atoms with Gasteiger partial charge in [0, 0.05) is 0 Å². The number of hydrogen-bond acceptors (Lipinski definition) is 8. The molecular formula is C20H30B2N2O8. The zero-order chi connectivity index (χ0) is 21.3. The monoisotopic (exact) mass is 448 g/mol. The van der Waals surface area contributed by atoms with Gasteiger partial charge in [0.2, 0.25) is 0 Å². The topological polar surface area (TPSA) is 73.8 Å². The molecule has 6 heterocycles. The Morgan fingerprint density at radius 1 is 0.656 bits per heavy atom. The van der Waals surface area contributed by atoms with E-state index in [0.29, 0.717) is 39.6 Å². The second-order valence-corrected chi connectivity index (χ2v) is 10.00. The van der Waals surface area contributed by atoms with Gasteiger partial charge in [0.1, 0.15) is 36.9 Å². The Balaban J connectivity index is 0.913. The van der Waals surface area contributed by atoms with Gasteiger partial charge in [-0.15, -0.1) is 0 Å². The van der Waals surface area contributed by atoms with Crippen molar-refractivity contribution in [2.24, 2.45) is 0 Å². The van der Waals surface area contributed by atoms with Crippen molar-refractivity contribution >= 4 is 13.8 Å². The van der Waals surface area contributed by atoms with Crippen LogP contribution in [0.1, 0.15) is 0 Å². The van der Waals surface area contributed by atoms with Gasteiger partial charge < -0.3 is 46.2 Å². The van der Waals surface area contributed by atoms with Gasteiger partial charge in [0.15, 0.2) is 0 Å². The Hall–Kier alpha value is -1.37. The summed E-state index contributed by atoms with van der Waals surface area (Å²) >= 11 is 0. The quantitative estimate of drug-likeness (QED) is 0.558. The molecule has 6 saturated heterocycles. The Morgan fingerprint density at radius 2 is 1.03 bits per heavy atom. The van der Waals surface area contributed by atoms with Crippen LogP contribution in [0.3, 0.4) is 0 Å². The lowest BCUT2D eigenvalue weighted by Crippen LogP contribution is -2.59. The van der Waals surface area contributed by atoms with Crippen LogP contribution < -0.4 is 9.47 Å². The highest BCUT2D eigenvalue weighted by Crippen LogP contribution is 2.42. The van der Waals surface area contributed by atoms with Crippen LogP contribution in [-0.2, 0) is 27.9 Å². The molecule has 2 atom stereocenters. The first-order valence-electron chi connectivity index (χ1n) is 11.9. The predicted molar refractivity (Wildman–Crippen MR) is 112 cm³/mol. The van der Waals surface area contributed by atoms with Gasteiger partial charge in [-0.2, -0.15) is 0 Å². The van der Waals surface area contributed by atoms with Crippen molar-refractivity contribution < 1.29 is 46.2 Å². The normalized spacial score (nSPS) is 46.1. The van der Waals surface area contributed by atoms with Crippen molar-refractivity contribution in [1.82, 2.24) is 0 Å². The van der Waals surface area contributed by atoms with Gasteiger partial charge in [-0.05, 0) is 24.3 Å². The molecule has 0 radical (unpaired) electrons. The molecule has 0 unspecified atom stereocenters. The first-order chi connectivity index (χ1) is 15.6. The van der Waals surface area contributed by atoms with Crippen molar-refractivity contribution in [2.45, 2.75) is 12.2 Å².